The summed E-state index contributed by atoms with van der Waals surface area (Å²) in [6.45, 7) is 7.03. The van der Waals surface area contributed by atoms with Gasteiger partial charge in [-0.1, -0.05) is 18.2 Å². The molecule has 0 saturated carbocycles. The maximum atomic E-state index is 13.9. The molecular weight excluding hydrogens is 451 g/mol. The van der Waals surface area contributed by atoms with Crippen LogP contribution < -0.4 is 24.4 Å². The van der Waals surface area contributed by atoms with E-state index in [4.69, 9.17) is 18.9 Å². The fourth-order valence-corrected chi connectivity index (χ4v) is 3.19. The number of nitrogens with zero attached hydrogens (tertiary/aromatic N) is 1. The Morgan fingerprint density at radius 3 is 2.17 bits per heavy atom. The highest BCUT2D eigenvalue weighted by Gasteiger charge is 2.12. The molecular formula is C27H29FN2O5. The van der Waals surface area contributed by atoms with Gasteiger partial charge >= 0.3 is 0 Å². The Morgan fingerprint density at radius 1 is 0.829 bits per heavy atom. The molecule has 0 aromatic heterocycles. The number of benzene rings is 3. The molecule has 3 aromatic carbocycles. The van der Waals surface area contributed by atoms with E-state index in [0.717, 1.165) is 0 Å². The Kier molecular flexibility index (Phi) is 9.48. The summed E-state index contributed by atoms with van der Waals surface area (Å²) in [5, 5.41) is 4.05. The van der Waals surface area contributed by atoms with Crippen LogP contribution in [0.4, 0.5) is 4.39 Å². The zero-order chi connectivity index (χ0) is 25.0. The standard InChI is InChI=1S/C27H29FN2O5/c1-4-32-23-14-12-20(16-26(23)34-6-3)27(31)30-29-17-19-11-13-24(25(15-19)33-5-2)35-18-21-9-7-8-10-22(21)28/h7-17H,4-6,18H2,1-3H3,(H,30,31)/b29-17+. The van der Waals surface area contributed by atoms with Crippen LogP contribution in [0.2, 0.25) is 0 Å². The number of nitrogens with one attached hydrogen (secondary N) is 1. The fourth-order valence-electron chi connectivity index (χ4n) is 3.19. The van der Waals surface area contributed by atoms with Crippen molar-refractivity contribution in [1.29, 1.82) is 0 Å². The Hall–Kier alpha value is -4.07. The quantitative estimate of drug-likeness (QED) is 0.279. The van der Waals surface area contributed by atoms with Gasteiger partial charge in [-0.2, -0.15) is 5.10 Å². The molecule has 3 rings (SSSR count). The van der Waals surface area contributed by atoms with E-state index in [1.165, 1.54) is 12.3 Å². The summed E-state index contributed by atoms with van der Waals surface area (Å²) in [5.41, 5.74) is 4.04. The maximum absolute atomic E-state index is 13.9. The number of ether oxygens (including phenoxy) is 4. The second kappa shape index (κ2) is 13.0. The average Bonchev–Trinajstić information content (AvgIpc) is 2.86. The molecule has 0 aliphatic carbocycles. The number of carbonyl (C=O) groups is 1. The highest BCUT2D eigenvalue weighted by molar-refractivity contribution is 5.95. The van der Waals surface area contributed by atoms with Gasteiger partial charge < -0.3 is 18.9 Å². The Balaban J connectivity index is 1.67. The van der Waals surface area contributed by atoms with E-state index >= 15 is 0 Å². The molecule has 0 unspecified atom stereocenters. The van der Waals surface area contributed by atoms with Crippen molar-refractivity contribution in [2.45, 2.75) is 27.4 Å². The van der Waals surface area contributed by atoms with Gasteiger partial charge in [-0.25, -0.2) is 9.82 Å². The van der Waals surface area contributed by atoms with Gasteiger partial charge in [-0.05, 0) is 68.8 Å². The molecule has 1 N–H and O–H groups in total. The molecule has 184 valence electrons. The van der Waals surface area contributed by atoms with Crippen molar-refractivity contribution in [3.63, 3.8) is 0 Å². The molecule has 0 heterocycles. The first kappa shape index (κ1) is 25.6. The van der Waals surface area contributed by atoms with Gasteiger partial charge in [0.15, 0.2) is 23.0 Å². The lowest BCUT2D eigenvalue weighted by molar-refractivity contribution is 0.0954. The van der Waals surface area contributed by atoms with Crippen molar-refractivity contribution >= 4 is 12.1 Å². The predicted molar refractivity (Wildman–Crippen MR) is 132 cm³/mol. The summed E-state index contributed by atoms with van der Waals surface area (Å²) >= 11 is 0. The van der Waals surface area contributed by atoms with E-state index in [-0.39, 0.29) is 18.3 Å². The smallest absolute Gasteiger partial charge is 0.271 e. The van der Waals surface area contributed by atoms with Crippen LogP contribution in [0.25, 0.3) is 0 Å². The van der Waals surface area contributed by atoms with Crippen LogP contribution in [0.3, 0.4) is 0 Å². The number of hydrazone groups is 1. The summed E-state index contributed by atoms with van der Waals surface area (Å²) in [4.78, 5) is 12.5. The van der Waals surface area contributed by atoms with Crippen LogP contribution in [-0.4, -0.2) is 31.9 Å². The van der Waals surface area contributed by atoms with E-state index < -0.39 is 0 Å². The largest absolute Gasteiger partial charge is 0.490 e. The van der Waals surface area contributed by atoms with Crippen LogP contribution >= 0.6 is 0 Å². The molecule has 3 aromatic rings. The van der Waals surface area contributed by atoms with Crippen molar-refractivity contribution in [2.24, 2.45) is 5.10 Å². The van der Waals surface area contributed by atoms with Gasteiger partial charge in [0.2, 0.25) is 0 Å². The molecule has 0 atom stereocenters. The van der Waals surface area contributed by atoms with Crippen LogP contribution in [0.1, 0.15) is 42.3 Å². The molecule has 0 aliphatic rings. The third-order valence-corrected chi connectivity index (χ3v) is 4.79. The van der Waals surface area contributed by atoms with Crippen LogP contribution in [-0.2, 0) is 6.61 Å². The highest BCUT2D eigenvalue weighted by Crippen LogP contribution is 2.30. The molecule has 0 aliphatic heterocycles. The molecule has 8 heteroatoms. The van der Waals surface area contributed by atoms with Crippen molar-refractivity contribution < 1.29 is 28.1 Å². The Morgan fingerprint density at radius 2 is 1.46 bits per heavy atom. The van der Waals surface area contributed by atoms with E-state index in [9.17, 15) is 9.18 Å². The lowest BCUT2D eigenvalue weighted by Crippen LogP contribution is -2.17. The first-order chi connectivity index (χ1) is 17.0. The molecule has 0 fully saturated rings. The van der Waals surface area contributed by atoms with Gasteiger partial charge in [0.25, 0.3) is 5.91 Å². The van der Waals surface area contributed by atoms with Gasteiger partial charge in [0.05, 0.1) is 26.0 Å². The van der Waals surface area contributed by atoms with E-state index in [0.29, 0.717) is 59.5 Å². The SMILES string of the molecule is CCOc1ccc(C(=O)N/N=C/c2ccc(OCc3ccccc3F)c(OCC)c2)cc1OCC. The van der Waals surface area contributed by atoms with E-state index in [2.05, 4.69) is 10.5 Å². The Bertz CT molecular complexity index is 1170. The molecule has 0 spiro atoms. The first-order valence-corrected chi connectivity index (χ1v) is 11.4. The fraction of sp³-hybridized carbons (Fsp3) is 0.259. The van der Waals surface area contributed by atoms with Gasteiger partial charge in [-0.3, -0.25) is 4.79 Å². The summed E-state index contributed by atoms with van der Waals surface area (Å²) in [6.07, 6.45) is 1.50. The number of rotatable bonds is 12. The zero-order valence-electron chi connectivity index (χ0n) is 20.0. The topological polar surface area (TPSA) is 78.4 Å². The van der Waals surface area contributed by atoms with Gasteiger partial charge in [0, 0.05) is 11.1 Å². The second-order valence-electron chi connectivity index (χ2n) is 7.25. The predicted octanol–water partition coefficient (Wildman–Crippen LogP) is 5.36. The molecule has 35 heavy (non-hydrogen) atoms. The van der Waals surface area contributed by atoms with Crippen molar-refractivity contribution in [1.82, 2.24) is 5.43 Å². The number of hydrogen-bond donors (Lipinski definition) is 1. The summed E-state index contributed by atoms with van der Waals surface area (Å²) in [6, 6.07) is 16.6. The van der Waals surface area contributed by atoms with E-state index in [1.54, 1.807) is 54.6 Å². The lowest BCUT2D eigenvalue weighted by Gasteiger charge is -2.13. The molecule has 0 bridgehead atoms. The Labute approximate surface area is 204 Å². The van der Waals surface area contributed by atoms with Crippen molar-refractivity contribution in [2.75, 3.05) is 19.8 Å². The third kappa shape index (κ3) is 7.20. The minimum Gasteiger partial charge on any atom is -0.490 e. The summed E-state index contributed by atoms with van der Waals surface area (Å²) < 4.78 is 36.4. The minimum atomic E-state index is -0.389. The van der Waals surface area contributed by atoms with Crippen LogP contribution in [0.15, 0.2) is 65.8 Å². The lowest BCUT2D eigenvalue weighted by atomic mass is 10.2. The van der Waals surface area contributed by atoms with Gasteiger partial charge in [0.1, 0.15) is 12.4 Å². The number of hydrogen-bond acceptors (Lipinski definition) is 6. The molecule has 7 nitrogen and oxygen atoms in total. The third-order valence-electron chi connectivity index (χ3n) is 4.79. The maximum Gasteiger partial charge on any atom is 0.271 e. The molecule has 0 saturated heterocycles. The van der Waals surface area contributed by atoms with E-state index in [1.807, 2.05) is 20.8 Å². The monoisotopic (exact) mass is 480 g/mol. The number of halogens is 1. The molecule has 1 amide bonds. The second-order valence-corrected chi connectivity index (χ2v) is 7.25. The van der Waals surface area contributed by atoms with Crippen molar-refractivity contribution in [3.8, 4) is 23.0 Å². The minimum absolute atomic E-state index is 0.0715. The average molecular weight is 481 g/mol. The number of amides is 1. The summed E-state index contributed by atoms with van der Waals surface area (Å²) in [7, 11) is 0. The first-order valence-electron chi connectivity index (χ1n) is 11.4. The van der Waals surface area contributed by atoms with Crippen molar-refractivity contribution in [3.05, 3.63) is 83.2 Å². The normalized spacial score (nSPS) is 10.7. The summed E-state index contributed by atoms with van der Waals surface area (Å²) in [5.74, 6) is 1.33. The molecule has 0 radical (unpaired) electrons. The zero-order valence-corrected chi connectivity index (χ0v) is 20.0. The number of carbonyl (C=O) groups excluding carboxylic acids is 1. The highest BCUT2D eigenvalue weighted by atomic mass is 19.1. The van der Waals surface area contributed by atoms with Gasteiger partial charge in [-0.15, -0.1) is 0 Å². The van der Waals surface area contributed by atoms with Crippen LogP contribution in [0, 0.1) is 5.82 Å². The van der Waals surface area contributed by atoms with Crippen LogP contribution in [0.5, 0.6) is 23.0 Å².